The van der Waals surface area contributed by atoms with Gasteiger partial charge in [-0.2, -0.15) is 4.09 Å². The van der Waals surface area contributed by atoms with Crippen LogP contribution in [0.3, 0.4) is 0 Å². The molecular weight excluding hydrogens is 488 g/mol. The van der Waals surface area contributed by atoms with Crippen LogP contribution in [-0.2, 0) is 25.6 Å². The number of aliphatic hydroxyl groups is 1. The molecular formula is C19H20N6O7S2. The standard InChI is InChI=1S/C19H20N6O7S2/c26-12(27)6-11-21-22-23-25(11)34-8-10-7-33-18-13(17(30)24(18)14(10)19(31)32)20-16(29)15(28)9-4-2-1-3-5-9/h1-2,4,13,15,18,28H,3,5-8H2,(H,20,29)(H,26,27)(H,31,32)/t13?,15?,18-/m0/s1. The Hall–Kier alpha value is -3.17. The second-order valence-electron chi connectivity index (χ2n) is 7.58. The van der Waals surface area contributed by atoms with Gasteiger partial charge in [0, 0.05) is 11.5 Å². The number of hydrogen-bond acceptors (Lipinski definition) is 10. The third-order valence-corrected chi connectivity index (χ3v) is 7.71. The zero-order chi connectivity index (χ0) is 24.4. The van der Waals surface area contributed by atoms with Crippen molar-refractivity contribution in [2.45, 2.75) is 36.8 Å². The maximum Gasteiger partial charge on any atom is 0.352 e. The van der Waals surface area contributed by atoms with Crippen molar-refractivity contribution in [3.63, 3.8) is 0 Å². The molecule has 0 aromatic carbocycles. The number of carboxylic acid groups (broad SMARTS) is 2. The van der Waals surface area contributed by atoms with Gasteiger partial charge in [0.2, 0.25) is 0 Å². The number of amides is 2. The molecule has 1 fully saturated rings. The Bertz CT molecular complexity index is 1130. The van der Waals surface area contributed by atoms with Crippen LogP contribution in [0.4, 0.5) is 0 Å². The van der Waals surface area contributed by atoms with Crippen LogP contribution in [0.5, 0.6) is 0 Å². The molecule has 1 aliphatic carbocycles. The van der Waals surface area contributed by atoms with Gasteiger partial charge < -0.3 is 20.6 Å². The van der Waals surface area contributed by atoms with Gasteiger partial charge >= 0.3 is 11.9 Å². The molecule has 3 atom stereocenters. The van der Waals surface area contributed by atoms with Crippen LogP contribution in [0, 0.1) is 0 Å². The van der Waals surface area contributed by atoms with Crippen molar-refractivity contribution in [1.82, 2.24) is 29.8 Å². The van der Waals surface area contributed by atoms with Crippen molar-refractivity contribution in [1.29, 1.82) is 0 Å². The van der Waals surface area contributed by atoms with Crippen molar-refractivity contribution >= 4 is 47.5 Å². The Kier molecular flexibility index (Phi) is 7.04. The summed E-state index contributed by atoms with van der Waals surface area (Å²) >= 11 is 2.30. The summed E-state index contributed by atoms with van der Waals surface area (Å²) < 4.78 is 1.20. The second-order valence-corrected chi connectivity index (χ2v) is 9.57. The minimum Gasteiger partial charge on any atom is -0.481 e. The van der Waals surface area contributed by atoms with E-state index in [-0.39, 0.29) is 23.0 Å². The molecule has 0 spiro atoms. The van der Waals surface area contributed by atoms with Crippen LogP contribution in [0.25, 0.3) is 0 Å². The number of β-lactam (4-membered cyclic amide) rings is 1. The summed E-state index contributed by atoms with van der Waals surface area (Å²) in [6.45, 7) is 0. The molecule has 0 radical (unpaired) electrons. The monoisotopic (exact) mass is 508 g/mol. The zero-order valence-corrected chi connectivity index (χ0v) is 19.2. The van der Waals surface area contributed by atoms with Crippen molar-refractivity contribution in [2.24, 2.45) is 0 Å². The maximum absolute atomic E-state index is 12.8. The summed E-state index contributed by atoms with van der Waals surface area (Å²) in [5.41, 5.74) is 0.809. The van der Waals surface area contributed by atoms with Crippen LogP contribution < -0.4 is 5.32 Å². The molecule has 1 aromatic heterocycles. The number of aliphatic hydroxyl groups excluding tert-OH is 1. The summed E-state index contributed by atoms with van der Waals surface area (Å²) in [6, 6.07) is -0.947. The van der Waals surface area contributed by atoms with Gasteiger partial charge in [-0.15, -0.1) is 16.9 Å². The Morgan fingerprint density at radius 2 is 2.12 bits per heavy atom. The lowest BCUT2D eigenvalue weighted by molar-refractivity contribution is -0.151. The third kappa shape index (κ3) is 4.71. The minimum atomic E-state index is -1.38. The number of thioether (sulfide) groups is 1. The molecule has 4 N–H and O–H groups in total. The molecule has 0 saturated carbocycles. The lowest BCUT2D eigenvalue weighted by Crippen LogP contribution is -2.71. The van der Waals surface area contributed by atoms with E-state index in [0.29, 0.717) is 24.0 Å². The highest BCUT2D eigenvalue weighted by molar-refractivity contribution is 8.00. The van der Waals surface area contributed by atoms with E-state index in [1.807, 2.05) is 6.08 Å². The van der Waals surface area contributed by atoms with E-state index in [9.17, 15) is 29.4 Å². The number of allylic oxidation sites excluding steroid dienone is 3. The quantitative estimate of drug-likeness (QED) is 0.304. The third-order valence-electron chi connectivity index (χ3n) is 5.37. The molecule has 4 rings (SSSR count). The largest absolute Gasteiger partial charge is 0.481 e. The van der Waals surface area contributed by atoms with Gasteiger partial charge in [-0.3, -0.25) is 19.3 Å². The highest BCUT2D eigenvalue weighted by atomic mass is 32.2. The average molecular weight is 509 g/mol. The number of tetrazole rings is 1. The average Bonchev–Trinajstić information content (AvgIpc) is 3.26. The number of aromatic nitrogens is 4. The number of fused-ring (bicyclic) bond motifs is 1. The summed E-state index contributed by atoms with van der Waals surface area (Å²) in [6.07, 6.45) is 4.82. The van der Waals surface area contributed by atoms with Crippen LogP contribution >= 0.6 is 23.7 Å². The van der Waals surface area contributed by atoms with Gasteiger partial charge in [0.25, 0.3) is 11.8 Å². The molecule has 3 aliphatic rings. The maximum atomic E-state index is 12.8. The molecule has 0 bridgehead atoms. The number of carbonyl (C=O) groups excluding carboxylic acids is 2. The SMILES string of the molecule is O=C(O)Cc1nnnn1SCC1=C(C(=O)O)N2C(=O)C(NC(=O)C(O)C3=CC=CCC3)[C@@H]2SC1. The molecule has 2 aliphatic heterocycles. The van der Waals surface area contributed by atoms with Crippen molar-refractivity contribution in [3.05, 3.63) is 40.9 Å². The van der Waals surface area contributed by atoms with Crippen LogP contribution in [-0.4, -0.2) is 92.6 Å². The molecule has 13 nitrogen and oxygen atoms in total. The van der Waals surface area contributed by atoms with Gasteiger partial charge in [-0.25, -0.2) is 4.79 Å². The number of nitrogens with one attached hydrogen (secondary N) is 1. The van der Waals surface area contributed by atoms with E-state index in [4.69, 9.17) is 5.11 Å². The molecule has 3 heterocycles. The molecule has 2 amide bonds. The zero-order valence-electron chi connectivity index (χ0n) is 17.5. The Morgan fingerprint density at radius 1 is 1.32 bits per heavy atom. The Labute approximate surface area is 201 Å². The van der Waals surface area contributed by atoms with Crippen LogP contribution in [0.1, 0.15) is 18.7 Å². The van der Waals surface area contributed by atoms with E-state index in [2.05, 4.69) is 20.8 Å². The van der Waals surface area contributed by atoms with Crippen LogP contribution in [0.2, 0.25) is 0 Å². The Morgan fingerprint density at radius 3 is 2.79 bits per heavy atom. The molecule has 1 saturated heterocycles. The topological polar surface area (TPSA) is 188 Å². The first kappa shape index (κ1) is 24.0. The van der Waals surface area contributed by atoms with Gasteiger partial charge in [-0.1, -0.05) is 18.2 Å². The van der Waals surface area contributed by atoms with Gasteiger partial charge in [-0.05, 0) is 46.4 Å². The van der Waals surface area contributed by atoms with E-state index in [1.165, 1.54) is 15.8 Å². The molecule has 2 unspecified atom stereocenters. The summed E-state index contributed by atoms with van der Waals surface area (Å²) in [5, 5.41) is 41.7. The van der Waals surface area contributed by atoms with E-state index in [0.717, 1.165) is 16.8 Å². The van der Waals surface area contributed by atoms with Crippen molar-refractivity contribution < 1.29 is 34.5 Å². The van der Waals surface area contributed by atoms with Crippen molar-refractivity contribution in [2.75, 3.05) is 11.5 Å². The molecule has 15 heteroatoms. The number of nitrogens with zero attached hydrogens (tertiary/aromatic N) is 5. The number of hydrogen-bond donors (Lipinski definition) is 4. The first-order valence-electron chi connectivity index (χ1n) is 10.1. The lowest BCUT2D eigenvalue weighted by atomic mass is 9.98. The first-order chi connectivity index (χ1) is 16.3. The highest BCUT2D eigenvalue weighted by Crippen LogP contribution is 2.41. The second kappa shape index (κ2) is 9.99. The predicted octanol–water partition coefficient (Wildman–Crippen LogP) is -0.828. The fraction of sp³-hybridized carbons (Fsp3) is 0.421. The molecule has 1 aromatic rings. The van der Waals surface area contributed by atoms with E-state index in [1.54, 1.807) is 12.2 Å². The smallest absolute Gasteiger partial charge is 0.352 e. The Balaban J connectivity index is 1.44. The summed E-state index contributed by atoms with van der Waals surface area (Å²) in [4.78, 5) is 49.3. The first-order valence-corrected chi connectivity index (χ1v) is 12.1. The fourth-order valence-corrected chi connectivity index (χ4v) is 6.05. The number of aliphatic carboxylic acids is 2. The predicted molar refractivity (Wildman–Crippen MR) is 119 cm³/mol. The summed E-state index contributed by atoms with van der Waals surface area (Å²) in [7, 11) is 0. The van der Waals surface area contributed by atoms with Gasteiger partial charge in [0.15, 0.2) is 11.9 Å². The highest BCUT2D eigenvalue weighted by Gasteiger charge is 2.54. The molecule has 180 valence electrons. The number of rotatable bonds is 9. The number of carbonyl (C=O) groups is 4. The van der Waals surface area contributed by atoms with Gasteiger partial charge in [0.05, 0.1) is 0 Å². The minimum absolute atomic E-state index is 0.0984. The summed E-state index contributed by atoms with van der Waals surface area (Å²) in [5.74, 6) is -3.21. The van der Waals surface area contributed by atoms with Gasteiger partial charge in [0.1, 0.15) is 23.5 Å². The van der Waals surface area contributed by atoms with E-state index >= 15 is 0 Å². The lowest BCUT2D eigenvalue weighted by Gasteiger charge is -2.49. The van der Waals surface area contributed by atoms with Crippen molar-refractivity contribution in [3.8, 4) is 0 Å². The molecule has 34 heavy (non-hydrogen) atoms. The fourth-order valence-electron chi connectivity index (χ4n) is 3.72. The number of carboxylic acids is 2. The van der Waals surface area contributed by atoms with Crippen LogP contribution in [0.15, 0.2) is 35.1 Å². The normalized spacial score (nSPS) is 22.6. The van der Waals surface area contributed by atoms with E-state index < -0.39 is 47.7 Å².